The maximum Gasteiger partial charge on any atom is 0.297 e. The number of hydrogen-bond acceptors (Lipinski definition) is 6. The molecule has 3 N–H and O–H groups in total. The average Bonchev–Trinajstić information content (AvgIpc) is 3.16. The summed E-state index contributed by atoms with van der Waals surface area (Å²) in [5, 5.41) is 5.57. The predicted octanol–water partition coefficient (Wildman–Crippen LogP) is 2.10. The molecule has 9 nitrogen and oxygen atoms in total. The molecule has 9 heteroatoms. The highest BCUT2D eigenvalue weighted by Crippen LogP contribution is 2.23. The lowest BCUT2D eigenvalue weighted by atomic mass is 10.1. The number of amides is 2. The molecule has 30 heavy (non-hydrogen) atoms. The number of benzene rings is 2. The van der Waals surface area contributed by atoms with Gasteiger partial charge in [-0.05, 0) is 30.3 Å². The molecule has 0 aliphatic rings. The van der Waals surface area contributed by atoms with Gasteiger partial charge < -0.3 is 24.9 Å². The highest BCUT2D eigenvalue weighted by molar-refractivity contribution is 6.01. The number of H-pyrrole nitrogens is 1. The molecule has 0 fully saturated rings. The summed E-state index contributed by atoms with van der Waals surface area (Å²) in [5.41, 5.74) is 1.90. The molecule has 0 saturated carbocycles. The van der Waals surface area contributed by atoms with Gasteiger partial charge in [-0.1, -0.05) is 12.1 Å². The van der Waals surface area contributed by atoms with E-state index in [1.807, 2.05) is 14.1 Å². The minimum absolute atomic E-state index is 0.0540. The molecule has 0 aliphatic heterocycles. The monoisotopic (exact) mass is 405 g/mol. The fourth-order valence-electron chi connectivity index (χ4n) is 2.98. The summed E-state index contributed by atoms with van der Waals surface area (Å²) < 4.78 is 5.57. The van der Waals surface area contributed by atoms with Crippen LogP contribution < -0.4 is 21.0 Å². The first kappa shape index (κ1) is 19.2. The van der Waals surface area contributed by atoms with Gasteiger partial charge in [-0.2, -0.15) is 4.98 Å². The topological polar surface area (TPSA) is 120 Å². The normalized spacial score (nSPS) is 10.9. The summed E-state index contributed by atoms with van der Waals surface area (Å²) in [4.78, 5) is 46.1. The van der Waals surface area contributed by atoms with E-state index < -0.39 is 17.2 Å². The molecule has 152 valence electrons. The number of carbonyl (C=O) groups is 2. The Bertz CT molecular complexity index is 1320. The van der Waals surface area contributed by atoms with Gasteiger partial charge in [-0.15, -0.1) is 0 Å². The number of aromatic amines is 1. The van der Waals surface area contributed by atoms with E-state index in [1.165, 1.54) is 6.20 Å². The van der Waals surface area contributed by atoms with Gasteiger partial charge in [-0.3, -0.25) is 14.4 Å². The van der Waals surface area contributed by atoms with Gasteiger partial charge in [0.05, 0.1) is 6.54 Å². The first-order valence-corrected chi connectivity index (χ1v) is 9.19. The molecule has 0 aliphatic carbocycles. The molecule has 0 spiro atoms. The summed E-state index contributed by atoms with van der Waals surface area (Å²) in [7, 11) is 3.63. The molecule has 4 aromatic rings. The van der Waals surface area contributed by atoms with Crippen LogP contribution in [0, 0.1) is 0 Å². The number of nitrogens with zero attached hydrogens (tertiary/aromatic N) is 2. The Kier molecular flexibility index (Phi) is 4.93. The van der Waals surface area contributed by atoms with Crippen LogP contribution in [0.5, 0.6) is 0 Å². The van der Waals surface area contributed by atoms with E-state index in [4.69, 9.17) is 4.42 Å². The fraction of sp³-hybridized carbons (Fsp3) is 0.143. The quantitative estimate of drug-likeness (QED) is 0.468. The lowest BCUT2D eigenvalue weighted by molar-refractivity contribution is -0.115. The zero-order valence-corrected chi connectivity index (χ0v) is 16.4. The van der Waals surface area contributed by atoms with Gasteiger partial charge in [0.1, 0.15) is 11.1 Å². The zero-order valence-electron chi connectivity index (χ0n) is 16.4. The third kappa shape index (κ3) is 3.72. The largest absolute Gasteiger partial charge is 0.423 e. The van der Waals surface area contributed by atoms with Crippen molar-refractivity contribution >= 4 is 45.5 Å². The number of anilines is 2. The molecule has 2 aromatic heterocycles. The van der Waals surface area contributed by atoms with E-state index >= 15 is 0 Å². The average molecular weight is 405 g/mol. The predicted molar refractivity (Wildman–Crippen MR) is 114 cm³/mol. The van der Waals surface area contributed by atoms with E-state index in [2.05, 4.69) is 20.6 Å². The maximum atomic E-state index is 12.5. The first-order valence-electron chi connectivity index (χ1n) is 9.19. The smallest absolute Gasteiger partial charge is 0.297 e. The second kappa shape index (κ2) is 7.70. The van der Waals surface area contributed by atoms with Crippen LogP contribution in [0.25, 0.3) is 22.0 Å². The summed E-state index contributed by atoms with van der Waals surface area (Å²) in [6.07, 6.45) is 1.35. The number of aromatic nitrogens is 2. The van der Waals surface area contributed by atoms with Crippen LogP contribution in [0.1, 0.15) is 10.4 Å². The van der Waals surface area contributed by atoms with Gasteiger partial charge >= 0.3 is 0 Å². The Morgan fingerprint density at radius 1 is 1.17 bits per heavy atom. The van der Waals surface area contributed by atoms with Crippen molar-refractivity contribution in [2.75, 3.05) is 30.9 Å². The van der Waals surface area contributed by atoms with Crippen molar-refractivity contribution in [3.63, 3.8) is 0 Å². The Labute approximate surface area is 170 Å². The van der Waals surface area contributed by atoms with Crippen LogP contribution in [-0.2, 0) is 4.79 Å². The standard InChI is InChI=1S/C21H19N5O4/c1-26(2)21-25-16-9-12(7-8-17(16)30-21)24-18(27)11-23-20(29)14-10-22-15-6-4-3-5-13(15)19(14)28/h3-10H,11H2,1-2H3,(H,22,28)(H,23,29)(H,24,27). The SMILES string of the molecule is CN(C)c1nc2cc(NC(=O)CNC(=O)c3c[nH]c4ccccc4c3=O)ccc2o1. The number of rotatable bonds is 5. The minimum atomic E-state index is -0.625. The molecular formula is C21H19N5O4. The van der Waals surface area contributed by atoms with Crippen LogP contribution in [0.15, 0.2) is 57.9 Å². The molecule has 2 aromatic carbocycles. The molecule has 0 saturated heterocycles. The van der Waals surface area contributed by atoms with Gasteiger partial charge in [0.15, 0.2) is 5.58 Å². The van der Waals surface area contributed by atoms with E-state index in [-0.39, 0.29) is 12.1 Å². The summed E-state index contributed by atoms with van der Waals surface area (Å²) in [6.45, 7) is -0.287. The first-order chi connectivity index (χ1) is 14.4. The highest BCUT2D eigenvalue weighted by atomic mass is 16.4. The van der Waals surface area contributed by atoms with Gasteiger partial charge in [0.2, 0.25) is 11.3 Å². The lowest BCUT2D eigenvalue weighted by Gasteiger charge is -2.07. The molecule has 0 radical (unpaired) electrons. The van der Waals surface area contributed by atoms with Crippen molar-refractivity contribution in [3.8, 4) is 0 Å². The molecule has 0 bridgehead atoms. The van der Waals surface area contributed by atoms with E-state index in [1.54, 1.807) is 47.4 Å². The van der Waals surface area contributed by atoms with Crippen LogP contribution in [0.2, 0.25) is 0 Å². The van der Waals surface area contributed by atoms with Crippen molar-refractivity contribution in [2.45, 2.75) is 0 Å². The fourth-order valence-corrected chi connectivity index (χ4v) is 2.98. The Morgan fingerprint density at radius 2 is 1.97 bits per heavy atom. The maximum absolute atomic E-state index is 12.5. The number of fused-ring (bicyclic) bond motifs is 2. The molecule has 0 unspecified atom stereocenters. The van der Waals surface area contributed by atoms with E-state index in [9.17, 15) is 14.4 Å². The third-order valence-electron chi connectivity index (χ3n) is 4.49. The number of pyridine rings is 1. The molecule has 4 rings (SSSR count). The third-order valence-corrected chi connectivity index (χ3v) is 4.49. The minimum Gasteiger partial charge on any atom is -0.423 e. The van der Waals surface area contributed by atoms with Crippen molar-refractivity contribution in [1.82, 2.24) is 15.3 Å². The Hall–Kier alpha value is -4.14. The Balaban J connectivity index is 1.42. The van der Waals surface area contributed by atoms with Crippen LogP contribution in [0.3, 0.4) is 0 Å². The molecule has 2 amide bonds. The van der Waals surface area contributed by atoms with Crippen molar-refractivity contribution in [3.05, 3.63) is 64.4 Å². The van der Waals surface area contributed by atoms with Crippen LogP contribution >= 0.6 is 0 Å². The summed E-state index contributed by atoms with van der Waals surface area (Å²) in [6, 6.07) is 12.4. The second-order valence-corrected chi connectivity index (χ2v) is 6.88. The van der Waals surface area contributed by atoms with E-state index in [0.29, 0.717) is 33.7 Å². The summed E-state index contributed by atoms with van der Waals surface area (Å²) >= 11 is 0. The number of hydrogen-bond donors (Lipinski definition) is 3. The molecular weight excluding hydrogens is 386 g/mol. The Morgan fingerprint density at radius 3 is 2.77 bits per heavy atom. The number of carbonyl (C=O) groups excluding carboxylic acids is 2. The van der Waals surface area contributed by atoms with Gasteiger partial charge in [0, 0.05) is 36.9 Å². The molecule has 2 heterocycles. The van der Waals surface area contributed by atoms with Gasteiger partial charge in [-0.25, -0.2) is 0 Å². The van der Waals surface area contributed by atoms with Crippen LogP contribution in [-0.4, -0.2) is 42.4 Å². The van der Waals surface area contributed by atoms with E-state index in [0.717, 1.165) is 0 Å². The summed E-state index contributed by atoms with van der Waals surface area (Å²) in [5.74, 6) is -1.06. The van der Waals surface area contributed by atoms with Crippen molar-refractivity contribution < 1.29 is 14.0 Å². The molecule has 0 atom stereocenters. The zero-order chi connectivity index (χ0) is 21.3. The van der Waals surface area contributed by atoms with Crippen molar-refractivity contribution in [1.29, 1.82) is 0 Å². The number of para-hydroxylation sites is 1. The van der Waals surface area contributed by atoms with Crippen molar-refractivity contribution in [2.24, 2.45) is 0 Å². The number of oxazole rings is 1. The lowest BCUT2D eigenvalue weighted by Crippen LogP contribution is -2.35. The second-order valence-electron chi connectivity index (χ2n) is 6.88. The van der Waals surface area contributed by atoms with Gasteiger partial charge in [0.25, 0.3) is 11.9 Å². The van der Waals surface area contributed by atoms with Crippen LogP contribution in [0.4, 0.5) is 11.7 Å². The highest BCUT2D eigenvalue weighted by Gasteiger charge is 2.14. The number of nitrogens with one attached hydrogen (secondary N) is 3.